The third kappa shape index (κ3) is 2.92. The number of imide groups is 2. The van der Waals surface area contributed by atoms with Crippen molar-refractivity contribution in [3.8, 4) is 11.5 Å². The van der Waals surface area contributed by atoms with Crippen LogP contribution >= 0.6 is 0 Å². The summed E-state index contributed by atoms with van der Waals surface area (Å²) in [6, 6.07) is 8.76. The molecule has 0 atom stereocenters. The molecule has 0 spiro atoms. The largest absolute Gasteiger partial charge is 0.454 e. The zero-order chi connectivity index (χ0) is 19.8. The lowest BCUT2D eigenvalue weighted by atomic mass is 10.1. The number of urea groups is 1. The average Bonchev–Trinajstić information content (AvgIpc) is 3.13. The van der Waals surface area contributed by atoms with Crippen LogP contribution in [0.4, 0.5) is 16.2 Å². The third-order valence-corrected chi connectivity index (χ3v) is 4.13. The summed E-state index contributed by atoms with van der Waals surface area (Å²) in [4.78, 5) is 48.0. The predicted octanol–water partition coefficient (Wildman–Crippen LogP) is 1.99. The number of ether oxygens (including phenoxy) is 2. The summed E-state index contributed by atoms with van der Waals surface area (Å²) >= 11 is 0. The van der Waals surface area contributed by atoms with Crippen LogP contribution in [0.15, 0.2) is 48.0 Å². The molecule has 1 N–H and O–H groups in total. The van der Waals surface area contributed by atoms with Crippen LogP contribution < -0.4 is 19.7 Å². The molecule has 1 saturated heterocycles. The molecule has 2 aromatic carbocycles. The van der Waals surface area contributed by atoms with Crippen molar-refractivity contribution in [2.24, 2.45) is 0 Å². The Hall–Kier alpha value is -4.21. The van der Waals surface area contributed by atoms with E-state index in [1.165, 1.54) is 18.2 Å². The Morgan fingerprint density at radius 1 is 1.04 bits per heavy atom. The van der Waals surface area contributed by atoms with E-state index in [0.717, 1.165) is 17.0 Å². The number of fused-ring (bicyclic) bond motifs is 1. The number of barbiturate groups is 1. The molecule has 140 valence electrons. The van der Waals surface area contributed by atoms with Gasteiger partial charge >= 0.3 is 6.03 Å². The summed E-state index contributed by atoms with van der Waals surface area (Å²) in [6.45, 7) is 0.0806. The minimum Gasteiger partial charge on any atom is -0.454 e. The fourth-order valence-corrected chi connectivity index (χ4v) is 2.78. The molecule has 0 aliphatic carbocycles. The van der Waals surface area contributed by atoms with Crippen LogP contribution in [-0.2, 0) is 9.59 Å². The van der Waals surface area contributed by atoms with Crippen molar-refractivity contribution in [1.82, 2.24) is 5.32 Å². The van der Waals surface area contributed by atoms with Crippen LogP contribution in [0.3, 0.4) is 0 Å². The maximum absolute atomic E-state index is 12.8. The molecule has 2 aliphatic heterocycles. The lowest BCUT2D eigenvalue weighted by Crippen LogP contribution is -2.54. The minimum atomic E-state index is -0.938. The van der Waals surface area contributed by atoms with E-state index in [-0.39, 0.29) is 23.7 Å². The SMILES string of the molecule is O=C1NC(=O)N(c2ccc([N+](=O)[O-])cc2)C(=O)/C1=C\c1ccc2c(c1)OCO2. The number of nitrogens with zero attached hydrogens (tertiary/aromatic N) is 2. The zero-order valence-electron chi connectivity index (χ0n) is 14.1. The van der Waals surface area contributed by atoms with E-state index >= 15 is 0 Å². The third-order valence-electron chi connectivity index (χ3n) is 4.13. The first kappa shape index (κ1) is 17.2. The Morgan fingerprint density at radius 2 is 1.75 bits per heavy atom. The summed E-state index contributed by atoms with van der Waals surface area (Å²) in [6.07, 6.45) is 1.32. The molecule has 2 heterocycles. The molecular formula is C18H11N3O7. The maximum atomic E-state index is 12.8. The van der Waals surface area contributed by atoms with E-state index in [2.05, 4.69) is 5.32 Å². The predicted molar refractivity (Wildman–Crippen MR) is 94.7 cm³/mol. The Balaban J connectivity index is 1.68. The first-order valence-corrected chi connectivity index (χ1v) is 7.99. The van der Waals surface area contributed by atoms with Crippen LogP contribution in [0.5, 0.6) is 11.5 Å². The number of nitro benzene ring substituents is 1. The molecule has 0 saturated carbocycles. The Labute approximate surface area is 157 Å². The van der Waals surface area contributed by atoms with Crippen molar-refractivity contribution in [2.45, 2.75) is 0 Å². The van der Waals surface area contributed by atoms with Gasteiger partial charge in [-0.2, -0.15) is 0 Å². The highest BCUT2D eigenvalue weighted by molar-refractivity contribution is 6.39. The van der Waals surface area contributed by atoms with Gasteiger partial charge in [0.2, 0.25) is 6.79 Å². The van der Waals surface area contributed by atoms with Gasteiger partial charge in [-0.1, -0.05) is 6.07 Å². The second kappa shape index (κ2) is 6.50. The second-order valence-electron chi connectivity index (χ2n) is 5.84. The molecule has 0 unspecified atom stereocenters. The molecule has 1 fully saturated rings. The number of benzene rings is 2. The van der Waals surface area contributed by atoms with Gasteiger partial charge in [-0.3, -0.25) is 25.0 Å². The summed E-state index contributed by atoms with van der Waals surface area (Å²) in [7, 11) is 0. The van der Waals surface area contributed by atoms with Crippen molar-refractivity contribution in [3.63, 3.8) is 0 Å². The summed E-state index contributed by atoms with van der Waals surface area (Å²) in [5.41, 5.74) is 0.135. The standard InChI is InChI=1S/C18H11N3O7/c22-16-13(7-10-1-6-14-15(8-10)28-9-27-14)17(23)20(18(24)19-16)11-2-4-12(5-3-11)21(25)26/h1-8H,9H2,(H,19,22,24)/b13-7-. The number of nitrogens with one attached hydrogen (secondary N) is 1. The molecule has 10 heteroatoms. The van der Waals surface area contributed by atoms with E-state index in [0.29, 0.717) is 17.1 Å². The van der Waals surface area contributed by atoms with E-state index in [9.17, 15) is 24.5 Å². The number of amides is 4. The smallest absolute Gasteiger partial charge is 0.335 e. The quantitative estimate of drug-likeness (QED) is 0.373. The van der Waals surface area contributed by atoms with Gasteiger partial charge in [0.05, 0.1) is 10.6 Å². The number of rotatable bonds is 3. The van der Waals surface area contributed by atoms with Gasteiger partial charge in [-0.05, 0) is 35.9 Å². The summed E-state index contributed by atoms with van der Waals surface area (Å²) in [5, 5.41) is 12.9. The maximum Gasteiger partial charge on any atom is 0.335 e. The first-order chi connectivity index (χ1) is 13.4. The van der Waals surface area contributed by atoms with E-state index in [4.69, 9.17) is 9.47 Å². The average molecular weight is 381 g/mol. The van der Waals surface area contributed by atoms with Crippen molar-refractivity contribution >= 4 is 35.3 Å². The normalized spacial score (nSPS) is 17.1. The van der Waals surface area contributed by atoms with E-state index in [1.807, 2.05) is 0 Å². The van der Waals surface area contributed by atoms with Crippen molar-refractivity contribution in [2.75, 3.05) is 11.7 Å². The lowest BCUT2D eigenvalue weighted by molar-refractivity contribution is -0.384. The van der Waals surface area contributed by atoms with Gasteiger partial charge in [-0.25, -0.2) is 9.69 Å². The molecule has 4 amide bonds. The van der Waals surface area contributed by atoms with Crippen LogP contribution in [0.25, 0.3) is 6.08 Å². The Morgan fingerprint density at radius 3 is 2.46 bits per heavy atom. The highest BCUT2D eigenvalue weighted by Gasteiger charge is 2.37. The number of anilines is 1. The molecule has 2 aliphatic rings. The van der Waals surface area contributed by atoms with Crippen LogP contribution in [0.1, 0.15) is 5.56 Å². The highest BCUT2D eigenvalue weighted by Crippen LogP contribution is 2.33. The summed E-state index contributed by atoms with van der Waals surface area (Å²) < 4.78 is 10.5. The monoisotopic (exact) mass is 381 g/mol. The number of hydrogen-bond donors (Lipinski definition) is 1. The van der Waals surface area contributed by atoms with Gasteiger partial charge in [0.25, 0.3) is 17.5 Å². The number of carbonyl (C=O) groups is 3. The number of carbonyl (C=O) groups excluding carboxylic acids is 3. The summed E-state index contributed by atoms with van der Waals surface area (Å²) in [5.74, 6) is -0.670. The number of nitro groups is 1. The molecule has 10 nitrogen and oxygen atoms in total. The van der Waals surface area contributed by atoms with E-state index in [1.54, 1.807) is 18.2 Å². The molecule has 28 heavy (non-hydrogen) atoms. The number of non-ortho nitro benzene ring substituents is 1. The van der Waals surface area contributed by atoms with Gasteiger partial charge in [0, 0.05) is 12.1 Å². The molecular weight excluding hydrogens is 370 g/mol. The lowest BCUT2D eigenvalue weighted by Gasteiger charge is -2.26. The fraction of sp³-hybridized carbons (Fsp3) is 0.0556. The van der Waals surface area contributed by atoms with E-state index < -0.39 is 22.8 Å². The van der Waals surface area contributed by atoms with Crippen LogP contribution in [0.2, 0.25) is 0 Å². The van der Waals surface area contributed by atoms with Gasteiger partial charge < -0.3 is 9.47 Å². The second-order valence-corrected chi connectivity index (χ2v) is 5.84. The molecule has 0 radical (unpaired) electrons. The van der Waals surface area contributed by atoms with Crippen molar-refractivity contribution < 1.29 is 28.8 Å². The minimum absolute atomic E-state index is 0.0806. The zero-order valence-corrected chi connectivity index (χ0v) is 14.1. The first-order valence-electron chi connectivity index (χ1n) is 7.99. The van der Waals surface area contributed by atoms with Gasteiger partial charge in [-0.15, -0.1) is 0 Å². The van der Waals surface area contributed by atoms with Gasteiger partial charge in [0.15, 0.2) is 11.5 Å². The Bertz CT molecular complexity index is 1060. The van der Waals surface area contributed by atoms with Crippen LogP contribution in [0, 0.1) is 10.1 Å². The topological polar surface area (TPSA) is 128 Å². The highest BCUT2D eigenvalue weighted by atomic mass is 16.7. The van der Waals surface area contributed by atoms with Crippen molar-refractivity contribution in [1.29, 1.82) is 0 Å². The van der Waals surface area contributed by atoms with Crippen molar-refractivity contribution in [3.05, 3.63) is 63.7 Å². The molecule has 0 bridgehead atoms. The molecule has 0 aromatic heterocycles. The van der Waals surface area contributed by atoms with Gasteiger partial charge in [0.1, 0.15) is 5.57 Å². The molecule has 2 aromatic rings. The Kier molecular flexibility index (Phi) is 4.00. The van der Waals surface area contributed by atoms with Crippen LogP contribution in [-0.4, -0.2) is 29.6 Å². The molecule has 4 rings (SSSR count). The number of hydrogen-bond acceptors (Lipinski definition) is 7. The fourth-order valence-electron chi connectivity index (χ4n) is 2.78.